The van der Waals surface area contributed by atoms with Gasteiger partial charge in [-0.25, -0.2) is 9.59 Å². The second kappa shape index (κ2) is 12.6. The van der Waals surface area contributed by atoms with Crippen LogP contribution in [0.3, 0.4) is 0 Å². The van der Waals surface area contributed by atoms with Gasteiger partial charge in [0.2, 0.25) is 0 Å². The molecule has 0 atom stereocenters. The maximum Gasteiger partial charge on any atom is 0.344 e. The summed E-state index contributed by atoms with van der Waals surface area (Å²) in [4.78, 5) is 37.7. The van der Waals surface area contributed by atoms with E-state index in [4.69, 9.17) is 18.9 Å². The molecule has 0 bridgehead atoms. The first-order valence-electron chi connectivity index (χ1n) is 10.4. The standard InChI is InChI=1S/C24H29NO8/c1-15(2)13-25-22(27)16-8-9-17(19(12-16)23(28)31-4)18-6-5-7-20(26)21(18)24(29)33-14-32-11-10-30-3/h5-9,12,15,26H,10-11,13-14H2,1-4H3,(H,25,27). The fraction of sp³-hybridized carbons (Fsp3) is 0.375. The molecule has 0 fully saturated rings. The highest BCUT2D eigenvalue weighted by molar-refractivity contribution is 6.06. The Balaban J connectivity index is 2.42. The molecule has 0 aliphatic rings. The number of hydrogen-bond acceptors (Lipinski definition) is 8. The van der Waals surface area contributed by atoms with Gasteiger partial charge in [0.1, 0.15) is 11.3 Å². The molecular formula is C24H29NO8. The Morgan fingerprint density at radius 3 is 2.42 bits per heavy atom. The summed E-state index contributed by atoms with van der Waals surface area (Å²) >= 11 is 0. The summed E-state index contributed by atoms with van der Waals surface area (Å²) in [7, 11) is 2.73. The number of hydrogen-bond donors (Lipinski definition) is 2. The molecule has 2 aromatic carbocycles. The first kappa shape index (κ1) is 25.8. The van der Waals surface area contributed by atoms with Crippen molar-refractivity contribution >= 4 is 17.8 Å². The zero-order valence-corrected chi connectivity index (χ0v) is 19.2. The molecule has 0 saturated heterocycles. The largest absolute Gasteiger partial charge is 0.507 e. The topological polar surface area (TPSA) is 120 Å². The smallest absolute Gasteiger partial charge is 0.344 e. The van der Waals surface area contributed by atoms with Gasteiger partial charge in [-0.05, 0) is 29.7 Å². The highest BCUT2D eigenvalue weighted by Crippen LogP contribution is 2.34. The van der Waals surface area contributed by atoms with E-state index in [1.54, 1.807) is 6.07 Å². The molecule has 178 valence electrons. The number of ether oxygens (including phenoxy) is 4. The maximum absolute atomic E-state index is 12.7. The first-order chi connectivity index (χ1) is 15.8. The number of carbonyl (C=O) groups excluding carboxylic acids is 3. The molecule has 0 spiro atoms. The van der Waals surface area contributed by atoms with Gasteiger partial charge < -0.3 is 29.4 Å². The van der Waals surface area contributed by atoms with Crippen molar-refractivity contribution in [1.82, 2.24) is 5.32 Å². The molecule has 9 nitrogen and oxygen atoms in total. The summed E-state index contributed by atoms with van der Waals surface area (Å²) in [6, 6.07) is 8.87. The highest BCUT2D eigenvalue weighted by atomic mass is 16.7. The maximum atomic E-state index is 12.7. The number of amides is 1. The molecule has 33 heavy (non-hydrogen) atoms. The highest BCUT2D eigenvalue weighted by Gasteiger charge is 2.24. The lowest BCUT2D eigenvalue weighted by Crippen LogP contribution is -2.27. The molecule has 0 aromatic heterocycles. The normalized spacial score (nSPS) is 10.7. The molecule has 2 aromatic rings. The summed E-state index contributed by atoms with van der Waals surface area (Å²) in [5.74, 6) is -1.95. The van der Waals surface area contributed by atoms with E-state index >= 15 is 0 Å². The Morgan fingerprint density at radius 1 is 1.00 bits per heavy atom. The summed E-state index contributed by atoms with van der Waals surface area (Å²) < 4.78 is 20.0. The number of phenolic OH excluding ortho intramolecular Hbond substituents is 1. The van der Waals surface area contributed by atoms with Crippen LogP contribution in [0.2, 0.25) is 0 Å². The Labute approximate surface area is 192 Å². The number of nitrogens with one attached hydrogen (secondary N) is 1. The van der Waals surface area contributed by atoms with Gasteiger partial charge in [0.15, 0.2) is 6.79 Å². The van der Waals surface area contributed by atoms with E-state index in [1.807, 2.05) is 13.8 Å². The van der Waals surface area contributed by atoms with Crippen LogP contribution in [0.1, 0.15) is 44.9 Å². The SMILES string of the molecule is COCCOCOC(=O)c1c(O)cccc1-c1ccc(C(=O)NCC(C)C)cc1C(=O)OC. The number of phenols is 1. The van der Waals surface area contributed by atoms with Crippen LogP contribution in [0.5, 0.6) is 5.75 Å². The van der Waals surface area contributed by atoms with Crippen LogP contribution < -0.4 is 5.32 Å². The van der Waals surface area contributed by atoms with E-state index in [0.29, 0.717) is 18.7 Å². The van der Waals surface area contributed by atoms with Crippen molar-refractivity contribution in [3.05, 3.63) is 53.1 Å². The molecule has 0 aliphatic heterocycles. The van der Waals surface area contributed by atoms with Gasteiger partial charge in [-0.3, -0.25) is 4.79 Å². The van der Waals surface area contributed by atoms with Crippen LogP contribution in [-0.4, -0.2) is 63.7 Å². The molecule has 2 N–H and O–H groups in total. The predicted molar refractivity (Wildman–Crippen MR) is 120 cm³/mol. The van der Waals surface area contributed by atoms with E-state index in [2.05, 4.69) is 5.32 Å². The quantitative estimate of drug-likeness (QED) is 0.299. The lowest BCUT2D eigenvalue weighted by molar-refractivity contribution is -0.0436. The molecule has 0 unspecified atom stereocenters. The van der Waals surface area contributed by atoms with Crippen LogP contribution in [0, 0.1) is 5.92 Å². The third kappa shape index (κ3) is 7.03. The molecule has 0 radical (unpaired) electrons. The van der Waals surface area contributed by atoms with Crippen molar-refractivity contribution < 1.29 is 38.4 Å². The third-order valence-electron chi connectivity index (χ3n) is 4.60. The second-order valence-electron chi connectivity index (χ2n) is 7.51. The minimum atomic E-state index is -0.838. The number of carbonyl (C=O) groups is 3. The zero-order valence-electron chi connectivity index (χ0n) is 19.2. The van der Waals surface area contributed by atoms with E-state index in [1.165, 1.54) is 44.6 Å². The number of methoxy groups -OCH3 is 2. The fourth-order valence-electron chi connectivity index (χ4n) is 2.95. The molecule has 0 heterocycles. The number of esters is 2. The Bertz CT molecular complexity index is 986. The third-order valence-corrected chi connectivity index (χ3v) is 4.60. The zero-order chi connectivity index (χ0) is 24.4. The first-order valence-corrected chi connectivity index (χ1v) is 10.4. The number of aromatic hydroxyl groups is 1. The van der Waals surface area contributed by atoms with Gasteiger partial charge in [-0.1, -0.05) is 32.0 Å². The second-order valence-corrected chi connectivity index (χ2v) is 7.51. The van der Waals surface area contributed by atoms with Crippen LogP contribution >= 0.6 is 0 Å². The lowest BCUT2D eigenvalue weighted by atomic mass is 9.93. The number of rotatable bonds is 11. The van der Waals surface area contributed by atoms with Gasteiger partial charge in [0, 0.05) is 24.8 Å². The van der Waals surface area contributed by atoms with Gasteiger partial charge in [0.05, 0.1) is 25.9 Å². The van der Waals surface area contributed by atoms with Crippen LogP contribution in [-0.2, 0) is 18.9 Å². The molecule has 1 amide bonds. The summed E-state index contributed by atoms with van der Waals surface area (Å²) in [6.45, 7) is 4.63. The summed E-state index contributed by atoms with van der Waals surface area (Å²) in [5, 5.41) is 13.2. The fourth-order valence-corrected chi connectivity index (χ4v) is 2.95. The van der Waals surface area contributed by atoms with Gasteiger partial charge in [-0.2, -0.15) is 0 Å². The molecule has 0 saturated carbocycles. The monoisotopic (exact) mass is 459 g/mol. The van der Waals surface area contributed by atoms with Crippen molar-refractivity contribution in [3.8, 4) is 16.9 Å². The average molecular weight is 459 g/mol. The average Bonchev–Trinajstić information content (AvgIpc) is 2.81. The lowest BCUT2D eigenvalue weighted by Gasteiger charge is -2.15. The molecule has 2 rings (SSSR count). The Hall–Kier alpha value is -3.43. The summed E-state index contributed by atoms with van der Waals surface area (Å²) in [6.07, 6.45) is 0. The van der Waals surface area contributed by atoms with Crippen molar-refractivity contribution in [1.29, 1.82) is 0 Å². The molecular weight excluding hydrogens is 430 g/mol. The van der Waals surface area contributed by atoms with E-state index in [9.17, 15) is 19.5 Å². The Morgan fingerprint density at radius 2 is 1.76 bits per heavy atom. The van der Waals surface area contributed by atoms with E-state index in [0.717, 1.165) is 0 Å². The van der Waals surface area contributed by atoms with Crippen LogP contribution in [0.4, 0.5) is 0 Å². The number of benzene rings is 2. The van der Waals surface area contributed by atoms with Crippen molar-refractivity contribution in [2.24, 2.45) is 5.92 Å². The molecule has 0 aliphatic carbocycles. The van der Waals surface area contributed by atoms with E-state index in [-0.39, 0.29) is 53.2 Å². The van der Waals surface area contributed by atoms with Crippen LogP contribution in [0.15, 0.2) is 36.4 Å². The predicted octanol–water partition coefficient (Wildman–Crippen LogP) is 3.01. The van der Waals surface area contributed by atoms with Gasteiger partial charge >= 0.3 is 11.9 Å². The van der Waals surface area contributed by atoms with Gasteiger partial charge in [0.25, 0.3) is 5.91 Å². The summed E-state index contributed by atoms with van der Waals surface area (Å²) in [5.41, 5.74) is 0.716. The van der Waals surface area contributed by atoms with Crippen molar-refractivity contribution in [3.63, 3.8) is 0 Å². The minimum absolute atomic E-state index is 0.0608. The van der Waals surface area contributed by atoms with Crippen molar-refractivity contribution in [2.45, 2.75) is 13.8 Å². The van der Waals surface area contributed by atoms with Gasteiger partial charge in [-0.15, -0.1) is 0 Å². The molecule has 9 heteroatoms. The van der Waals surface area contributed by atoms with E-state index < -0.39 is 11.9 Å². The van der Waals surface area contributed by atoms with Crippen LogP contribution in [0.25, 0.3) is 11.1 Å². The minimum Gasteiger partial charge on any atom is -0.507 e. The van der Waals surface area contributed by atoms with Crippen molar-refractivity contribution in [2.75, 3.05) is 40.8 Å². The Kier molecular flexibility index (Phi) is 9.84.